The molecule has 0 heterocycles. The Hall–Kier alpha value is -0.0500. The summed E-state index contributed by atoms with van der Waals surface area (Å²) in [6.07, 6.45) is 0.352. The Morgan fingerprint density at radius 1 is 2.00 bits per heavy atom. The number of hydrogen-bond donors (Lipinski definition) is 2. The fourth-order valence-corrected chi connectivity index (χ4v) is 0.957. The Morgan fingerprint density at radius 2 is 2.50 bits per heavy atom. The van der Waals surface area contributed by atoms with Gasteiger partial charge in [0.1, 0.15) is 6.04 Å². The van der Waals surface area contributed by atoms with Crippen molar-refractivity contribution in [2.45, 2.75) is 6.04 Å². The Bertz CT molecular complexity index is 107. The molecule has 8 heavy (non-hydrogen) atoms. The molecule has 0 fully saturated rings. The van der Waals surface area contributed by atoms with E-state index in [1.807, 2.05) is 0 Å². The van der Waals surface area contributed by atoms with Crippen LogP contribution in [0.2, 0.25) is 0 Å². The van der Waals surface area contributed by atoms with E-state index in [2.05, 4.69) is 11.8 Å². The zero-order valence-corrected chi connectivity index (χ0v) is 5.78. The highest BCUT2D eigenvalue weighted by Gasteiger charge is 2.07. The van der Waals surface area contributed by atoms with Crippen LogP contribution in [0, 0.1) is 0 Å². The molecular formula is C3H6NO2PS. The fraction of sp³-hybridized carbons (Fsp3) is 0.667. The lowest BCUT2D eigenvalue weighted by Gasteiger charge is -1.97. The molecule has 0 aliphatic heterocycles. The number of hydrogen-bond acceptors (Lipinski definition) is 3. The van der Waals surface area contributed by atoms with Crippen molar-refractivity contribution in [3.63, 3.8) is 0 Å². The van der Waals surface area contributed by atoms with Crippen LogP contribution in [-0.4, -0.2) is 23.3 Å². The van der Waals surface area contributed by atoms with E-state index in [-0.39, 0.29) is 0 Å². The van der Waals surface area contributed by atoms with Crippen LogP contribution < -0.4 is 5.73 Å². The van der Waals surface area contributed by atoms with Crippen molar-refractivity contribution in [2.75, 3.05) is 6.16 Å². The Balaban J connectivity index is 3.46. The van der Waals surface area contributed by atoms with Crippen LogP contribution in [0.25, 0.3) is 0 Å². The maximum absolute atomic E-state index is 9.91. The molecule has 3 nitrogen and oxygen atoms in total. The summed E-state index contributed by atoms with van der Waals surface area (Å²) in [4.78, 5) is 9.91. The second-order valence-electron chi connectivity index (χ2n) is 1.26. The van der Waals surface area contributed by atoms with Crippen LogP contribution in [0.3, 0.4) is 0 Å². The summed E-state index contributed by atoms with van der Waals surface area (Å²) >= 11 is 4.48. The molecule has 0 aromatic heterocycles. The van der Waals surface area contributed by atoms with E-state index in [0.29, 0.717) is 13.5 Å². The maximum Gasteiger partial charge on any atom is 0.321 e. The molecule has 0 saturated heterocycles. The van der Waals surface area contributed by atoms with Crippen LogP contribution in [0.15, 0.2) is 0 Å². The number of carboxylic acids is 1. The third-order valence-corrected chi connectivity index (χ3v) is 1.58. The minimum atomic E-state index is -0.984. The van der Waals surface area contributed by atoms with Gasteiger partial charge in [-0.25, -0.2) is 0 Å². The van der Waals surface area contributed by atoms with Crippen molar-refractivity contribution in [3.05, 3.63) is 0 Å². The first-order valence-electron chi connectivity index (χ1n) is 1.96. The third-order valence-electron chi connectivity index (χ3n) is 0.588. The van der Waals surface area contributed by atoms with Crippen LogP contribution in [0.1, 0.15) is 0 Å². The first kappa shape index (κ1) is 7.95. The fourth-order valence-electron chi connectivity index (χ4n) is 0.158. The standard InChI is InChI=1S/C3H6NO2PS/c4-2(1-7-8)3(5)6/h2H,1,4H2,(H,5,6)/t2-/m0/s1. The van der Waals surface area contributed by atoms with Crippen LogP contribution in [0.4, 0.5) is 0 Å². The molecule has 0 bridgehead atoms. The predicted octanol–water partition coefficient (Wildman–Crippen LogP) is -0.194. The molecule has 5 heteroatoms. The van der Waals surface area contributed by atoms with Gasteiger partial charge >= 0.3 is 5.97 Å². The van der Waals surface area contributed by atoms with Crippen molar-refractivity contribution in [2.24, 2.45) is 5.73 Å². The van der Waals surface area contributed by atoms with E-state index < -0.39 is 12.0 Å². The SMILES string of the molecule is N[C@@H](CP=S)C(=O)O. The highest BCUT2D eigenvalue weighted by Crippen LogP contribution is 1.93. The highest BCUT2D eigenvalue weighted by molar-refractivity contribution is 7.96. The number of carboxylic acid groups (broad SMARTS) is 1. The van der Waals surface area contributed by atoms with Gasteiger partial charge in [0, 0.05) is 6.16 Å². The second kappa shape index (κ2) is 3.89. The number of aliphatic carboxylic acids is 1. The topological polar surface area (TPSA) is 63.3 Å². The molecule has 0 spiro atoms. The van der Waals surface area contributed by atoms with E-state index in [1.165, 1.54) is 0 Å². The summed E-state index contributed by atoms with van der Waals surface area (Å²) < 4.78 is 0. The summed E-state index contributed by atoms with van der Waals surface area (Å²) in [5, 5.41) is 8.14. The van der Waals surface area contributed by atoms with Gasteiger partial charge in [0.05, 0.1) is 0 Å². The molecule has 1 atom stereocenters. The van der Waals surface area contributed by atoms with E-state index in [1.54, 1.807) is 0 Å². The van der Waals surface area contributed by atoms with Crippen LogP contribution >= 0.6 is 7.36 Å². The molecule has 0 aromatic rings. The maximum atomic E-state index is 9.91. The summed E-state index contributed by atoms with van der Waals surface area (Å²) in [6, 6.07) is -0.783. The number of rotatable bonds is 3. The van der Waals surface area contributed by atoms with Gasteiger partial charge in [-0.3, -0.25) is 4.79 Å². The number of carbonyl (C=O) groups is 1. The van der Waals surface area contributed by atoms with Gasteiger partial charge < -0.3 is 10.8 Å². The van der Waals surface area contributed by atoms with E-state index in [9.17, 15) is 4.79 Å². The Morgan fingerprint density at radius 3 is 2.62 bits per heavy atom. The Kier molecular flexibility index (Phi) is 3.87. The van der Waals surface area contributed by atoms with E-state index >= 15 is 0 Å². The van der Waals surface area contributed by atoms with Crippen molar-refractivity contribution < 1.29 is 9.90 Å². The number of nitrogens with two attached hydrogens (primary N) is 1. The average Bonchev–Trinajstić information content (AvgIpc) is 1.67. The zero-order valence-electron chi connectivity index (χ0n) is 4.07. The van der Waals surface area contributed by atoms with Crippen LogP contribution in [-0.2, 0) is 16.6 Å². The molecule has 0 radical (unpaired) electrons. The molecule has 0 aromatic carbocycles. The third kappa shape index (κ3) is 3.02. The second-order valence-corrected chi connectivity index (χ2v) is 2.65. The van der Waals surface area contributed by atoms with Gasteiger partial charge in [-0.05, 0) is 7.36 Å². The molecule has 3 N–H and O–H groups in total. The normalized spacial score (nSPS) is 13.6. The molecule has 0 unspecified atom stereocenters. The van der Waals surface area contributed by atoms with Gasteiger partial charge in [0.15, 0.2) is 0 Å². The van der Waals surface area contributed by atoms with Crippen molar-refractivity contribution in [1.82, 2.24) is 0 Å². The minimum absolute atomic E-state index is 0.352. The molecule has 0 amide bonds. The lowest BCUT2D eigenvalue weighted by Crippen LogP contribution is -2.31. The summed E-state index contributed by atoms with van der Waals surface area (Å²) in [5.74, 6) is -0.984. The molecule has 0 rings (SSSR count). The van der Waals surface area contributed by atoms with Gasteiger partial charge in [-0.2, -0.15) is 0 Å². The minimum Gasteiger partial charge on any atom is -0.480 e. The average molecular weight is 151 g/mol. The van der Waals surface area contributed by atoms with Crippen LogP contribution in [0.5, 0.6) is 0 Å². The lowest BCUT2D eigenvalue weighted by atomic mass is 10.4. The quantitative estimate of drug-likeness (QED) is 0.548. The van der Waals surface area contributed by atoms with Crippen molar-refractivity contribution >= 4 is 25.1 Å². The van der Waals surface area contributed by atoms with Gasteiger partial charge in [0.25, 0.3) is 0 Å². The van der Waals surface area contributed by atoms with E-state index in [4.69, 9.17) is 10.8 Å². The smallest absolute Gasteiger partial charge is 0.321 e. The summed E-state index contributed by atoms with van der Waals surface area (Å²) in [5.41, 5.74) is 5.05. The predicted molar refractivity (Wildman–Crippen MR) is 34.8 cm³/mol. The summed E-state index contributed by atoms with van der Waals surface area (Å²) in [7, 11) is 0.612. The monoisotopic (exact) mass is 151 g/mol. The highest BCUT2D eigenvalue weighted by atomic mass is 32.4. The molecule has 0 aliphatic carbocycles. The van der Waals surface area contributed by atoms with Gasteiger partial charge in [0.2, 0.25) is 0 Å². The largest absolute Gasteiger partial charge is 0.480 e. The van der Waals surface area contributed by atoms with E-state index in [0.717, 1.165) is 0 Å². The molecular weight excluding hydrogens is 145 g/mol. The molecule has 0 saturated carbocycles. The first-order valence-corrected chi connectivity index (χ1v) is 4.05. The van der Waals surface area contributed by atoms with Crippen molar-refractivity contribution in [1.29, 1.82) is 0 Å². The summed E-state index contributed by atoms with van der Waals surface area (Å²) in [6.45, 7) is 0. The Labute approximate surface area is 53.7 Å². The molecule has 46 valence electrons. The lowest BCUT2D eigenvalue weighted by molar-refractivity contribution is -0.137. The van der Waals surface area contributed by atoms with Crippen molar-refractivity contribution in [3.8, 4) is 0 Å². The zero-order chi connectivity index (χ0) is 6.57. The first-order chi connectivity index (χ1) is 3.68. The van der Waals surface area contributed by atoms with Gasteiger partial charge in [-0.1, -0.05) is 11.8 Å². The molecule has 0 aliphatic rings. The van der Waals surface area contributed by atoms with Gasteiger partial charge in [-0.15, -0.1) is 0 Å².